The van der Waals surface area contributed by atoms with Crippen LogP contribution in [-0.2, 0) is 16.0 Å². The first-order valence-corrected chi connectivity index (χ1v) is 8.28. The maximum Gasteiger partial charge on any atom is 0.267 e. The molecule has 3 N–H and O–H groups in total. The number of carbonyl (C=O) groups excluding carboxylic acids is 2. The molecule has 2 aromatic carbocycles. The number of anilines is 1. The zero-order valence-electron chi connectivity index (χ0n) is 14.1. The van der Waals surface area contributed by atoms with Gasteiger partial charge in [0.25, 0.3) is 5.91 Å². The summed E-state index contributed by atoms with van der Waals surface area (Å²) >= 11 is 0. The zero-order valence-corrected chi connectivity index (χ0v) is 14.1. The number of hydrazone groups is 1. The van der Waals surface area contributed by atoms with E-state index in [1.165, 1.54) is 17.1 Å². The number of nitrogens with one attached hydrogen (secondary N) is 1. The molecule has 2 amide bonds. The second-order valence-corrected chi connectivity index (χ2v) is 5.98. The summed E-state index contributed by atoms with van der Waals surface area (Å²) < 4.78 is 12.9. The molecule has 0 saturated carbocycles. The van der Waals surface area contributed by atoms with Crippen LogP contribution in [0, 0.1) is 5.82 Å². The van der Waals surface area contributed by atoms with Crippen LogP contribution in [0.4, 0.5) is 10.1 Å². The first-order valence-electron chi connectivity index (χ1n) is 8.28. The normalized spacial score (nSPS) is 16.3. The molecule has 1 aliphatic rings. The molecule has 0 aromatic heterocycles. The Bertz CT molecular complexity index is 821. The summed E-state index contributed by atoms with van der Waals surface area (Å²) in [4.78, 5) is 24.1. The number of nitrogens with two attached hydrogens (primary N) is 1. The first kappa shape index (κ1) is 17.6. The molecule has 0 aliphatic carbocycles. The van der Waals surface area contributed by atoms with E-state index < -0.39 is 11.9 Å². The first-order chi connectivity index (χ1) is 12.5. The van der Waals surface area contributed by atoms with Crippen molar-refractivity contribution in [2.75, 3.05) is 11.6 Å². The van der Waals surface area contributed by atoms with E-state index in [0.717, 1.165) is 5.56 Å². The number of halogens is 1. The molecule has 0 spiro atoms. The van der Waals surface area contributed by atoms with Crippen molar-refractivity contribution in [3.05, 3.63) is 66.0 Å². The molecule has 1 heterocycles. The Balaban J connectivity index is 1.63. The fourth-order valence-electron chi connectivity index (χ4n) is 2.76. The molecule has 1 unspecified atom stereocenters. The van der Waals surface area contributed by atoms with Crippen LogP contribution in [0.1, 0.15) is 12.0 Å². The lowest BCUT2D eigenvalue weighted by atomic mass is 10.1. The Morgan fingerprint density at radius 2 is 1.85 bits per heavy atom. The minimum Gasteiger partial charge on any atom is -0.368 e. The van der Waals surface area contributed by atoms with Gasteiger partial charge in [0.15, 0.2) is 0 Å². The fourth-order valence-corrected chi connectivity index (χ4v) is 2.76. The van der Waals surface area contributed by atoms with Crippen LogP contribution in [0.2, 0.25) is 0 Å². The molecule has 1 atom stereocenters. The third-order valence-corrected chi connectivity index (χ3v) is 4.13. The zero-order chi connectivity index (χ0) is 18.5. The van der Waals surface area contributed by atoms with Gasteiger partial charge < -0.3 is 11.1 Å². The standard InChI is InChI=1S/C19H19FN4O2/c20-14-8-6-13(7-9-14)10-11-22-19(26)16-12-17(18(21)25)24(23-16)15-4-2-1-3-5-15/h1-9,17H,10-12H2,(H2,21,25)(H,22,26). The van der Waals surface area contributed by atoms with E-state index in [0.29, 0.717) is 18.7 Å². The van der Waals surface area contributed by atoms with E-state index >= 15 is 0 Å². The van der Waals surface area contributed by atoms with Gasteiger partial charge in [-0.25, -0.2) is 4.39 Å². The average Bonchev–Trinajstić information content (AvgIpc) is 3.10. The highest BCUT2D eigenvalue weighted by atomic mass is 19.1. The predicted molar refractivity (Wildman–Crippen MR) is 97.1 cm³/mol. The molecule has 7 heteroatoms. The van der Waals surface area contributed by atoms with Crippen LogP contribution in [0.3, 0.4) is 0 Å². The van der Waals surface area contributed by atoms with Crippen molar-refractivity contribution in [2.24, 2.45) is 10.8 Å². The molecule has 0 saturated heterocycles. The van der Waals surface area contributed by atoms with Crippen LogP contribution in [0.5, 0.6) is 0 Å². The van der Waals surface area contributed by atoms with Gasteiger partial charge in [0.05, 0.1) is 5.69 Å². The highest BCUT2D eigenvalue weighted by Gasteiger charge is 2.34. The minimum atomic E-state index is -0.685. The summed E-state index contributed by atoms with van der Waals surface area (Å²) in [5.41, 5.74) is 7.34. The van der Waals surface area contributed by atoms with Crippen LogP contribution in [-0.4, -0.2) is 30.1 Å². The number of hydrogen-bond acceptors (Lipinski definition) is 4. The summed E-state index contributed by atoms with van der Waals surface area (Å²) in [6, 6.07) is 14.5. The summed E-state index contributed by atoms with van der Waals surface area (Å²) in [6.45, 7) is 0.385. The van der Waals surface area contributed by atoms with Crippen LogP contribution >= 0.6 is 0 Å². The molecule has 3 rings (SSSR count). The largest absolute Gasteiger partial charge is 0.368 e. The summed E-state index contributed by atoms with van der Waals surface area (Å²) in [5.74, 6) is -1.17. The Labute approximate surface area is 150 Å². The number of rotatable bonds is 6. The van der Waals surface area contributed by atoms with Crippen molar-refractivity contribution in [3.8, 4) is 0 Å². The molecule has 2 aromatic rings. The number of benzene rings is 2. The van der Waals surface area contributed by atoms with Gasteiger partial charge in [-0.3, -0.25) is 14.6 Å². The summed E-state index contributed by atoms with van der Waals surface area (Å²) in [7, 11) is 0. The second kappa shape index (κ2) is 7.77. The Hall–Kier alpha value is -3.22. The van der Waals surface area contributed by atoms with Crippen LogP contribution in [0.25, 0.3) is 0 Å². The lowest BCUT2D eigenvalue weighted by molar-refractivity contribution is -0.119. The van der Waals surface area contributed by atoms with Crippen LogP contribution < -0.4 is 16.1 Å². The maximum absolute atomic E-state index is 12.9. The number of carbonyl (C=O) groups is 2. The van der Waals surface area contributed by atoms with E-state index in [1.807, 2.05) is 18.2 Å². The quantitative estimate of drug-likeness (QED) is 0.826. The van der Waals surface area contributed by atoms with Gasteiger partial charge in [-0.1, -0.05) is 30.3 Å². The van der Waals surface area contributed by atoms with E-state index in [9.17, 15) is 14.0 Å². The van der Waals surface area contributed by atoms with Gasteiger partial charge in [-0.2, -0.15) is 5.10 Å². The Morgan fingerprint density at radius 3 is 2.50 bits per heavy atom. The van der Waals surface area contributed by atoms with Gasteiger partial charge in [-0.05, 0) is 36.2 Å². The van der Waals surface area contributed by atoms with Crippen LogP contribution in [0.15, 0.2) is 59.7 Å². The molecular formula is C19H19FN4O2. The maximum atomic E-state index is 12.9. The molecule has 0 fully saturated rings. The third kappa shape index (κ3) is 4.05. The van der Waals surface area contributed by atoms with Gasteiger partial charge in [0.2, 0.25) is 5.91 Å². The number of primary amides is 1. The van der Waals surface area contributed by atoms with Crippen molar-refractivity contribution < 1.29 is 14.0 Å². The summed E-state index contributed by atoms with van der Waals surface area (Å²) in [6.07, 6.45) is 0.730. The topological polar surface area (TPSA) is 87.8 Å². The SMILES string of the molecule is NC(=O)C1CC(C(=O)NCCc2ccc(F)cc2)=NN1c1ccccc1. The van der Waals surface area contributed by atoms with Crippen molar-refractivity contribution in [3.63, 3.8) is 0 Å². The van der Waals surface area contributed by atoms with E-state index in [-0.39, 0.29) is 23.9 Å². The molecule has 134 valence electrons. The number of nitrogens with zero attached hydrogens (tertiary/aromatic N) is 2. The number of para-hydroxylation sites is 1. The predicted octanol–water partition coefficient (Wildman–Crippen LogP) is 1.60. The highest BCUT2D eigenvalue weighted by molar-refractivity contribution is 6.40. The van der Waals surface area contributed by atoms with Crippen molar-refractivity contribution >= 4 is 23.2 Å². The molecule has 1 aliphatic heterocycles. The highest BCUT2D eigenvalue weighted by Crippen LogP contribution is 2.24. The summed E-state index contributed by atoms with van der Waals surface area (Å²) in [5, 5.41) is 8.55. The van der Waals surface area contributed by atoms with Crippen molar-refractivity contribution in [1.29, 1.82) is 0 Å². The Morgan fingerprint density at radius 1 is 1.15 bits per heavy atom. The lowest BCUT2D eigenvalue weighted by Crippen LogP contribution is -2.40. The monoisotopic (exact) mass is 354 g/mol. The Kier molecular flexibility index (Phi) is 5.26. The lowest BCUT2D eigenvalue weighted by Gasteiger charge is -2.20. The molecule has 0 radical (unpaired) electrons. The van der Waals surface area contributed by atoms with Crippen molar-refractivity contribution in [1.82, 2.24) is 5.32 Å². The van der Waals surface area contributed by atoms with Gasteiger partial charge in [0, 0.05) is 13.0 Å². The van der Waals surface area contributed by atoms with E-state index in [1.54, 1.807) is 24.3 Å². The molecule has 0 bridgehead atoms. The number of amides is 2. The molecule has 26 heavy (non-hydrogen) atoms. The molecule has 6 nitrogen and oxygen atoms in total. The smallest absolute Gasteiger partial charge is 0.267 e. The van der Waals surface area contributed by atoms with E-state index in [4.69, 9.17) is 5.73 Å². The van der Waals surface area contributed by atoms with Gasteiger partial charge in [0.1, 0.15) is 17.6 Å². The minimum absolute atomic E-state index is 0.159. The van der Waals surface area contributed by atoms with Crippen molar-refractivity contribution in [2.45, 2.75) is 18.9 Å². The molecular weight excluding hydrogens is 335 g/mol. The second-order valence-electron chi connectivity index (χ2n) is 5.98. The fraction of sp³-hybridized carbons (Fsp3) is 0.211. The van der Waals surface area contributed by atoms with Gasteiger partial charge >= 0.3 is 0 Å². The van der Waals surface area contributed by atoms with E-state index in [2.05, 4.69) is 10.4 Å². The average molecular weight is 354 g/mol. The third-order valence-electron chi connectivity index (χ3n) is 4.13. The van der Waals surface area contributed by atoms with Gasteiger partial charge in [-0.15, -0.1) is 0 Å². The number of hydrogen-bond donors (Lipinski definition) is 2.